The van der Waals surface area contributed by atoms with E-state index in [0.29, 0.717) is 22.8 Å². The number of benzene rings is 1. The van der Waals surface area contributed by atoms with E-state index in [2.05, 4.69) is 15.5 Å². The molecule has 0 aliphatic heterocycles. The van der Waals surface area contributed by atoms with Crippen LogP contribution in [0.5, 0.6) is 17.2 Å². The number of carbonyl (C=O) groups excluding carboxylic acids is 1. The van der Waals surface area contributed by atoms with Gasteiger partial charge in [-0.3, -0.25) is 9.78 Å². The number of carbonyl (C=O) groups is 1. The third-order valence-corrected chi connectivity index (χ3v) is 2.99. The molecule has 0 bridgehead atoms. The van der Waals surface area contributed by atoms with Crippen LogP contribution in [0.4, 0.5) is 0 Å². The van der Waals surface area contributed by atoms with E-state index in [0.717, 1.165) is 5.56 Å². The molecule has 1 heterocycles. The van der Waals surface area contributed by atoms with Crippen molar-refractivity contribution in [2.45, 2.75) is 0 Å². The van der Waals surface area contributed by atoms with Crippen LogP contribution in [0.25, 0.3) is 0 Å². The molecule has 7 nitrogen and oxygen atoms in total. The molecule has 0 aliphatic rings. The minimum absolute atomic E-state index is 0.336. The summed E-state index contributed by atoms with van der Waals surface area (Å²) in [5, 5.41) is 3.89. The molecule has 2 rings (SSSR count). The summed E-state index contributed by atoms with van der Waals surface area (Å²) in [5.41, 5.74) is 3.55. The first-order valence-corrected chi connectivity index (χ1v) is 6.73. The summed E-state index contributed by atoms with van der Waals surface area (Å²) in [7, 11) is 4.47. The van der Waals surface area contributed by atoms with Gasteiger partial charge in [0.2, 0.25) is 5.75 Å². The zero-order valence-electron chi connectivity index (χ0n) is 13.1. The minimum Gasteiger partial charge on any atom is -0.493 e. The fourth-order valence-electron chi connectivity index (χ4n) is 1.89. The topological polar surface area (TPSA) is 82.0 Å². The lowest BCUT2D eigenvalue weighted by atomic mass is 10.1. The molecule has 0 fully saturated rings. The van der Waals surface area contributed by atoms with Crippen LogP contribution in [0.2, 0.25) is 0 Å². The van der Waals surface area contributed by atoms with Gasteiger partial charge in [0.05, 0.1) is 27.5 Å². The Kier molecular flexibility index (Phi) is 5.51. The number of hydrazone groups is 1. The van der Waals surface area contributed by atoms with Gasteiger partial charge in [-0.15, -0.1) is 0 Å². The van der Waals surface area contributed by atoms with Gasteiger partial charge in [0.25, 0.3) is 5.91 Å². The normalized spacial score (nSPS) is 10.4. The molecule has 0 atom stereocenters. The van der Waals surface area contributed by atoms with Crippen molar-refractivity contribution >= 4 is 12.1 Å². The number of hydrogen-bond donors (Lipinski definition) is 1. The molecule has 0 saturated carbocycles. The molecule has 0 unspecified atom stereocenters. The summed E-state index contributed by atoms with van der Waals surface area (Å²) >= 11 is 0. The standard InChI is InChI=1S/C16H17N3O4/c1-21-13-7-12(8-14(22-2)15(13)23-3)16(20)19-18-10-11-5-4-6-17-9-11/h4-10H,1-3H3,(H,19,20)/b18-10+. The van der Waals surface area contributed by atoms with Gasteiger partial charge in [-0.05, 0) is 18.2 Å². The predicted octanol–water partition coefficient (Wildman–Crippen LogP) is 1.87. The minimum atomic E-state index is -0.399. The van der Waals surface area contributed by atoms with E-state index in [1.54, 1.807) is 30.6 Å². The maximum Gasteiger partial charge on any atom is 0.271 e. The SMILES string of the molecule is COc1cc(C(=O)N/N=C/c2cccnc2)cc(OC)c1OC. The van der Waals surface area contributed by atoms with Crippen LogP contribution < -0.4 is 19.6 Å². The van der Waals surface area contributed by atoms with Crippen LogP contribution in [-0.2, 0) is 0 Å². The Morgan fingerprint density at radius 2 is 1.87 bits per heavy atom. The second kappa shape index (κ2) is 7.79. The number of hydrogen-bond acceptors (Lipinski definition) is 6. The average Bonchev–Trinajstić information content (AvgIpc) is 2.61. The van der Waals surface area contributed by atoms with Gasteiger partial charge < -0.3 is 14.2 Å². The fraction of sp³-hybridized carbons (Fsp3) is 0.188. The average molecular weight is 315 g/mol. The number of nitrogens with one attached hydrogen (secondary N) is 1. The van der Waals surface area contributed by atoms with Crippen molar-refractivity contribution in [2.24, 2.45) is 5.10 Å². The summed E-state index contributed by atoms with van der Waals surface area (Å²) in [5.74, 6) is 0.816. The number of ether oxygens (including phenoxy) is 3. The highest BCUT2D eigenvalue weighted by Crippen LogP contribution is 2.38. The van der Waals surface area contributed by atoms with E-state index in [1.807, 2.05) is 6.07 Å². The summed E-state index contributed by atoms with van der Waals surface area (Å²) in [4.78, 5) is 16.1. The number of aromatic nitrogens is 1. The van der Waals surface area contributed by atoms with E-state index in [9.17, 15) is 4.79 Å². The monoisotopic (exact) mass is 315 g/mol. The van der Waals surface area contributed by atoms with Gasteiger partial charge in [-0.25, -0.2) is 5.43 Å². The second-order valence-corrected chi connectivity index (χ2v) is 4.40. The van der Waals surface area contributed by atoms with E-state index < -0.39 is 5.91 Å². The Balaban J connectivity index is 2.17. The van der Waals surface area contributed by atoms with E-state index in [-0.39, 0.29) is 0 Å². The molecule has 2 aromatic rings. The van der Waals surface area contributed by atoms with Gasteiger partial charge in [-0.2, -0.15) is 5.10 Å². The molecule has 1 aromatic carbocycles. The van der Waals surface area contributed by atoms with E-state index >= 15 is 0 Å². The molecule has 0 aliphatic carbocycles. The van der Waals surface area contributed by atoms with Crippen LogP contribution in [0.3, 0.4) is 0 Å². The highest BCUT2D eigenvalue weighted by molar-refractivity contribution is 5.96. The number of nitrogens with zero attached hydrogens (tertiary/aromatic N) is 2. The number of amides is 1. The zero-order valence-corrected chi connectivity index (χ0v) is 13.1. The first-order valence-electron chi connectivity index (χ1n) is 6.73. The lowest BCUT2D eigenvalue weighted by Gasteiger charge is -2.13. The van der Waals surface area contributed by atoms with Crippen LogP contribution in [0, 0.1) is 0 Å². The predicted molar refractivity (Wildman–Crippen MR) is 85.4 cm³/mol. The van der Waals surface area contributed by atoms with Crippen molar-refractivity contribution in [3.05, 3.63) is 47.8 Å². The lowest BCUT2D eigenvalue weighted by molar-refractivity contribution is 0.0954. The van der Waals surface area contributed by atoms with Crippen molar-refractivity contribution < 1.29 is 19.0 Å². The molecule has 0 saturated heterocycles. The molecule has 0 spiro atoms. The van der Waals surface area contributed by atoms with E-state index in [1.165, 1.54) is 27.5 Å². The maximum absolute atomic E-state index is 12.2. The van der Waals surface area contributed by atoms with Crippen molar-refractivity contribution in [1.29, 1.82) is 0 Å². The second-order valence-electron chi connectivity index (χ2n) is 4.40. The Bertz CT molecular complexity index is 677. The van der Waals surface area contributed by atoms with Gasteiger partial charge in [0, 0.05) is 23.5 Å². The molecule has 7 heteroatoms. The Labute approximate surface area is 133 Å². The smallest absolute Gasteiger partial charge is 0.271 e. The molecule has 1 N–H and O–H groups in total. The van der Waals surface area contributed by atoms with Crippen LogP contribution in [0.1, 0.15) is 15.9 Å². The number of pyridine rings is 1. The Morgan fingerprint density at radius 3 is 2.39 bits per heavy atom. The third-order valence-electron chi connectivity index (χ3n) is 2.99. The van der Waals surface area contributed by atoms with E-state index in [4.69, 9.17) is 14.2 Å². The van der Waals surface area contributed by atoms with Crippen molar-refractivity contribution in [3.63, 3.8) is 0 Å². The van der Waals surface area contributed by atoms with Gasteiger partial charge in [0.1, 0.15) is 0 Å². The van der Waals surface area contributed by atoms with Gasteiger partial charge in [0.15, 0.2) is 11.5 Å². The molecular weight excluding hydrogens is 298 g/mol. The molecule has 23 heavy (non-hydrogen) atoms. The van der Waals surface area contributed by atoms with Crippen LogP contribution in [0.15, 0.2) is 41.8 Å². The maximum atomic E-state index is 12.2. The third kappa shape index (κ3) is 3.97. The molecule has 120 valence electrons. The van der Waals surface area contributed by atoms with Gasteiger partial charge >= 0.3 is 0 Å². The van der Waals surface area contributed by atoms with Crippen LogP contribution in [-0.4, -0.2) is 38.4 Å². The summed E-state index contributed by atoms with van der Waals surface area (Å²) in [6.07, 6.45) is 4.80. The lowest BCUT2D eigenvalue weighted by Crippen LogP contribution is -2.18. The highest BCUT2D eigenvalue weighted by atomic mass is 16.5. The first kappa shape index (κ1) is 16.3. The summed E-state index contributed by atoms with van der Waals surface area (Å²) < 4.78 is 15.6. The van der Waals surface area contributed by atoms with Crippen molar-refractivity contribution in [1.82, 2.24) is 10.4 Å². The molecule has 0 radical (unpaired) electrons. The van der Waals surface area contributed by atoms with Crippen LogP contribution >= 0.6 is 0 Å². The summed E-state index contributed by atoms with van der Waals surface area (Å²) in [6.45, 7) is 0. The fourth-order valence-corrected chi connectivity index (χ4v) is 1.89. The quantitative estimate of drug-likeness (QED) is 0.650. The highest BCUT2D eigenvalue weighted by Gasteiger charge is 2.16. The molecule has 1 amide bonds. The molecule has 1 aromatic heterocycles. The Hall–Kier alpha value is -3.09. The first-order chi connectivity index (χ1) is 11.2. The zero-order chi connectivity index (χ0) is 16.7. The van der Waals surface area contributed by atoms with Crippen molar-refractivity contribution in [3.8, 4) is 17.2 Å². The number of methoxy groups -OCH3 is 3. The largest absolute Gasteiger partial charge is 0.493 e. The summed E-state index contributed by atoms with van der Waals surface area (Å²) in [6, 6.07) is 6.71. The Morgan fingerprint density at radius 1 is 1.17 bits per heavy atom. The number of rotatable bonds is 6. The van der Waals surface area contributed by atoms with Crippen molar-refractivity contribution in [2.75, 3.05) is 21.3 Å². The van der Waals surface area contributed by atoms with Gasteiger partial charge in [-0.1, -0.05) is 6.07 Å². The molecular formula is C16H17N3O4.